The van der Waals surface area contributed by atoms with Gasteiger partial charge in [-0.05, 0) is 24.3 Å². The summed E-state index contributed by atoms with van der Waals surface area (Å²) in [7, 11) is 3.11. The zero-order valence-corrected chi connectivity index (χ0v) is 18.7. The minimum Gasteiger partial charge on any atom is -0.493 e. The lowest BCUT2D eigenvalue weighted by Gasteiger charge is -2.15. The molecule has 160 valence electrons. The average molecular weight is 456 g/mol. The monoisotopic (exact) mass is 455 g/mol. The number of aryl methyl sites for hydroxylation is 1. The molecular weight excluding hydrogens is 434 g/mol. The Morgan fingerprint density at radius 2 is 1.94 bits per heavy atom. The molecule has 0 unspecified atom stereocenters. The highest BCUT2D eigenvalue weighted by molar-refractivity contribution is 8.00. The van der Waals surface area contributed by atoms with Gasteiger partial charge in [0.05, 0.1) is 36.2 Å². The summed E-state index contributed by atoms with van der Waals surface area (Å²) < 4.78 is 12.2. The van der Waals surface area contributed by atoms with Crippen LogP contribution in [0.3, 0.4) is 0 Å². The number of ether oxygens (including phenoxy) is 2. The zero-order chi connectivity index (χ0) is 21.8. The number of methoxy groups -OCH3 is 2. The second-order valence-electron chi connectivity index (χ2n) is 6.65. The van der Waals surface area contributed by atoms with E-state index in [9.17, 15) is 9.59 Å². The number of carbonyl (C=O) groups excluding carboxylic acids is 1. The van der Waals surface area contributed by atoms with Crippen LogP contribution in [0.2, 0.25) is 0 Å². The van der Waals surface area contributed by atoms with Gasteiger partial charge in [0.15, 0.2) is 16.7 Å². The van der Waals surface area contributed by atoms with Crippen molar-refractivity contribution in [3.05, 3.63) is 64.6 Å². The topological polar surface area (TPSA) is 82.5 Å². The molecule has 1 amide bonds. The molecule has 0 aliphatic carbocycles. The van der Waals surface area contributed by atoms with Crippen LogP contribution in [0.25, 0.3) is 5.69 Å². The Hall–Kier alpha value is -2.91. The van der Waals surface area contributed by atoms with Crippen molar-refractivity contribution < 1.29 is 14.3 Å². The van der Waals surface area contributed by atoms with Gasteiger partial charge in [0.1, 0.15) is 0 Å². The van der Waals surface area contributed by atoms with E-state index in [1.165, 1.54) is 23.5 Å². The number of amides is 1. The van der Waals surface area contributed by atoms with Gasteiger partial charge in [-0.1, -0.05) is 30.0 Å². The van der Waals surface area contributed by atoms with Gasteiger partial charge in [-0.15, -0.1) is 11.8 Å². The first kappa shape index (κ1) is 21.3. The maximum Gasteiger partial charge on any atom is 0.272 e. The molecule has 0 spiro atoms. The lowest BCUT2D eigenvalue weighted by molar-refractivity contribution is -0.113. The molecule has 1 aliphatic rings. The Labute approximate surface area is 188 Å². The van der Waals surface area contributed by atoms with Gasteiger partial charge in [0.2, 0.25) is 5.91 Å². The number of hydrogen-bond acceptors (Lipinski definition) is 7. The highest BCUT2D eigenvalue weighted by atomic mass is 32.2. The number of thioether (sulfide) groups is 2. The number of nitrogens with zero attached hydrogens (tertiary/aromatic N) is 2. The van der Waals surface area contributed by atoms with Gasteiger partial charge in [-0.3, -0.25) is 14.2 Å². The summed E-state index contributed by atoms with van der Waals surface area (Å²) in [4.78, 5) is 31.1. The number of rotatable bonds is 7. The van der Waals surface area contributed by atoms with Crippen molar-refractivity contribution in [1.29, 1.82) is 0 Å². The summed E-state index contributed by atoms with van der Waals surface area (Å²) in [6.45, 7) is 0. The van der Waals surface area contributed by atoms with Crippen LogP contribution in [0.1, 0.15) is 5.69 Å². The predicted octanol–water partition coefficient (Wildman–Crippen LogP) is 3.63. The SMILES string of the molecule is COc1ccc(-n2c(SCC(=O)Nc3ccccc3)nc3c(c2=O)SCC3)cc1OC. The third-order valence-electron chi connectivity index (χ3n) is 4.68. The summed E-state index contributed by atoms with van der Waals surface area (Å²) in [6.07, 6.45) is 0.742. The maximum atomic E-state index is 13.3. The van der Waals surface area contributed by atoms with E-state index < -0.39 is 0 Å². The number of nitrogens with one attached hydrogen (secondary N) is 1. The maximum absolute atomic E-state index is 13.3. The van der Waals surface area contributed by atoms with Gasteiger partial charge in [0.25, 0.3) is 5.56 Å². The largest absolute Gasteiger partial charge is 0.493 e. The fourth-order valence-corrected chi connectivity index (χ4v) is 5.08. The second-order valence-corrected chi connectivity index (χ2v) is 8.70. The van der Waals surface area contributed by atoms with Crippen LogP contribution in [-0.4, -0.2) is 41.2 Å². The molecular formula is C22H21N3O4S2. The smallest absolute Gasteiger partial charge is 0.272 e. The number of para-hydroxylation sites is 1. The molecule has 0 atom stereocenters. The lowest BCUT2D eigenvalue weighted by atomic mass is 10.2. The summed E-state index contributed by atoms with van der Waals surface area (Å²) in [5, 5.41) is 3.33. The Morgan fingerprint density at radius 1 is 1.16 bits per heavy atom. The molecule has 7 nitrogen and oxygen atoms in total. The molecule has 1 aliphatic heterocycles. The van der Waals surface area contributed by atoms with Crippen LogP contribution in [0.15, 0.2) is 63.4 Å². The Morgan fingerprint density at radius 3 is 2.68 bits per heavy atom. The normalized spacial score (nSPS) is 12.3. The minimum absolute atomic E-state index is 0.126. The van der Waals surface area contributed by atoms with Crippen molar-refractivity contribution in [2.75, 3.05) is 31.0 Å². The van der Waals surface area contributed by atoms with Crippen molar-refractivity contribution in [2.24, 2.45) is 0 Å². The van der Waals surface area contributed by atoms with E-state index >= 15 is 0 Å². The summed E-state index contributed by atoms with van der Waals surface area (Å²) in [6, 6.07) is 14.5. The van der Waals surface area contributed by atoms with Gasteiger partial charge >= 0.3 is 0 Å². The molecule has 9 heteroatoms. The fourth-order valence-electron chi connectivity index (χ4n) is 3.23. The molecule has 0 saturated carbocycles. The first-order valence-corrected chi connectivity index (χ1v) is 11.6. The number of aromatic nitrogens is 2. The molecule has 31 heavy (non-hydrogen) atoms. The third kappa shape index (κ3) is 4.57. The summed E-state index contributed by atoms with van der Waals surface area (Å²) in [5.41, 5.74) is 1.99. The van der Waals surface area contributed by atoms with E-state index in [0.717, 1.165) is 23.6 Å². The number of carbonyl (C=O) groups is 1. The Bertz CT molecular complexity index is 1170. The molecule has 0 saturated heterocycles. The highest BCUT2D eigenvalue weighted by Crippen LogP contribution is 2.33. The highest BCUT2D eigenvalue weighted by Gasteiger charge is 2.23. The third-order valence-corrected chi connectivity index (χ3v) is 6.73. The van der Waals surface area contributed by atoms with E-state index in [2.05, 4.69) is 5.32 Å². The van der Waals surface area contributed by atoms with E-state index in [-0.39, 0.29) is 17.2 Å². The average Bonchev–Trinajstić information content (AvgIpc) is 3.27. The van der Waals surface area contributed by atoms with Crippen molar-refractivity contribution in [3.63, 3.8) is 0 Å². The van der Waals surface area contributed by atoms with Crippen molar-refractivity contribution >= 4 is 35.1 Å². The predicted molar refractivity (Wildman–Crippen MR) is 123 cm³/mol. The van der Waals surface area contributed by atoms with Crippen LogP contribution in [0.5, 0.6) is 11.5 Å². The van der Waals surface area contributed by atoms with Crippen LogP contribution in [0, 0.1) is 0 Å². The Balaban J connectivity index is 1.67. The number of fused-ring (bicyclic) bond motifs is 1. The first-order chi connectivity index (χ1) is 15.1. The van der Waals surface area contributed by atoms with Crippen LogP contribution < -0.4 is 20.3 Å². The molecule has 0 bridgehead atoms. The molecule has 3 aromatic rings. The molecule has 2 heterocycles. The molecule has 1 N–H and O–H groups in total. The molecule has 0 fully saturated rings. The second kappa shape index (κ2) is 9.49. The number of benzene rings is 2. The van der Waals surface area contributed by atoms with Crippen LogP contribution >= 0.6 is 23.5 Å². The standard InChI is InChI=1S/C22H21N3O4S2/c1-28-17-9-8-15(12-18(17)29-2)25-21(27)20-16(10-11-30-20)24-22(25)31-13-19(26)23-14-6-4-3-5-7-14/h3-9,12H,10-11,13H2,1-2H3,(H,23,26). The molecule has 2 aromatic carbocycles. The van der Waals surface area contributed by atoms with Crippen LogP contribution in [0.4, 0.5) is 5.69 Å². The van der Waals surface area contributed by atoms with Crippen LogP contribution in [-0.2, 0) is 11.2 Å². The summed E-state index contributed by atoms with van der Waals surface area (Å²) >= 11 is 2.75. The van der Waals surface area contributed by atoms with E-state index in [0.29, 0.717) is 27.2 Å². The lowest BCUT2D eigenvalue weighted by Crippen LogP contribution is -2.24. The van der Waals surface area contributed by atoms with E-state index in [1.807, 2.05) is 30.3 Å². The van der Waals surface area contributed by atoms with Gasteiger partial charge in [-0.25, -0.2) is 4.98 Å². The van der Waals surface area contributed by atoms with E-state index in [4.69, 9.17) is 14.5 Å². The fraction of sp³-hybridized carbons (Fsp3) is 0.227. The van der Waals surface area contributed by atoms with E-state index in [1.54, 1.807) is 37.0 Å². The quantitative estimate of drug-likeness (QED) is 0.430. The molecule has 4 rings (SSSR count). The molecule has 0 radical (unpaired) electrons. The zero-order valence-electron chi connectivity index (χ0n) is 17.1. The number of hydrogen-bond donors (Lipinski definition) is 1. The van der Waals surface area contributed by atoms with Gasteiger partial charge < -0.3 is 14.8 Å². The summed E-state index contributed by atoms with van der Waals surface area (Å²) in [5.74, 6) is 1.86. The minimum atomic E-state index is -0.167. The van der Waals surface area contributed by atoms with Crippen molar-refractivity contribution in [1.82, 2.24) is 9.55 Å². The molecule has 1 aromatic heterocycles. The van der Waals surface area contributed by atoms with Gasteiger partial charge in [-0.2, -0.15) is 0 Å². The van der Waals surface area contributed by atoms with Crippen molar-refractivity contribution in [2.45, 2.75) is 16.5 Å². The Kier molecular flexibility index (Phi) is 6.53. The van der Waals surface area contributed by atoms with Crippen molar-refractivity contribution in [3.8, 4) is 17.2 Å². The van der Waals surface area contributed by atoms with Gasteiger partial charge in [0, 0.05) is 23.9 Å². The first-order valence-electron chi connectivity index (χ1n) is 9.59. The number of anilines is 1.